The van der Waals surface area contributed by atoms with Crippen molar-refractivity contribution in [3.8, 4) is 0 Å². The first kappa shape index (κ1) is 17.2. The summed E-state index contributed by atoms with van der Waals surface area (Å²) < 4.78 is 7.20. The first-order chi connectivity index (χ1) is 12.2. The summed E-state index contributed by atoms with van der Waals surface area (Å²) in [6.45, 7) is 2.02. The van der Waals surface area contributed by atoms with Gasteiger partial charge in [0.1, 0.15) is 5.69 Å². The van der Waals surface area contributed by atoms with Gasteiger partial charge in [-0.25, -0.2) is 0 Å². The summed E-state index contributed by atoms with van der Waals surface area (Å²) in [4.78, 5) is 14.8. The lowest BCUT2D eigenvalue weighted by atomic mass is 10.2. The van der Waals surface area contributed by atoms with E-state index in [-0.39, 0.29) is 5.91 Å². The van der Waals surface area contributed by atoms with Gasteiger partial charge in [0.15, 0.2) is 0 Å². The second-order valence-corrected chi connectivity index (χ2v) is 6.23. The van der Waals surface area contributed by atoms with Gasteiger partial charge in [-0.15, -0.1) is 0 Å². The third-order valence-corrected chi connectivity index (χ3v) is 4.40. The van der Waals surface area contributed by atoms with Crippen molar-refractivity contribution in [3.63, 3.8) is 0 Å². The molecule has 0 aliphatic rings. The zero-order valence-electron chi connectivity index (χ0n) is 14.8. The molecule has 0 atom stereocenters. The Morgan fingerprint density at radius 3 is 2.56 bits per heavy atom. The number of methoxy groups -OCH3 is 1. The van der Waals surface area contributed by atoms with Gasteiger partial charge in [-0.3, -0.25) is 4.79 Å². The van der Waals surface area contributed by atoms with Gasteiger partial charge in [0.2, 0.25) is 0 Å². The predicted molar refractivity (Wildman–Crippen MR) is 101 cm³/mol. The van der Waals surface area contributed by atoms with Crippen LogP contribution in [0, 0.1) is 0 Å². The van der Waals surface area contributed by atoms with Crippen LogP contribution in [0.1, 0.15) is 22.5 Å². The summed E-state index contributed by atoms with van der Waals surface area (Å²) in [5, 5.41) is 1.09. The normalized spacial score (nSPS) is 11.0. The first-order valence-electron chi connectivity index (χ1n) is 8.57. The van der Waals surface area contributed by atoms with Crippen molar-refractivity contribution < 1.29 is 9.53 Å². The van der Waals surface area contributed by atoms with Crippen molar-refractivity contribution in [1.29, 1.82) is 0 Å². The molecule has 0 unspecified atom stereocenters. The Kier molecular flexibility index (Phi) is 5.51. The Morgan fingerprint density at radius 1 is 1.08 bits per heavy atom. The molecule has 0 radical (unpaired) electrons. The second-order valence-electron chi connectivity index (χ2n) is 6.23. The molecular weight excluding hydrogens is 312 g/mol. The lowest BCUT2D eigenvalue weighted by Crippen LogP contribution is -2.30. The van der Waals surface area contributed by atoms with E-state index in [2.05, 4.69) is 28.8 Å². The van der Waals surface area contributed by atoms with Gasteiger partial charge in [-0.2, -0.15) is 0 Å². The number of hydrogen-bond donors (Lipinski definition) is 0. The Labute approximate surface area is 148 Å². The Morgan fingerprint density at radius 2 is 1.80 bits per heavy atom. The SMILES string of the molecule is COCCCN(C)C(=O)c1cc2ccccc2n1Cc1ccccc1. The van der Waals surface area contributed by atoms with Crippen molar-refractivity contribution >= 4 is 16.8 Å². The van der Waals surface area contributed by atoms with Crippen LogP contribution in [0.3, 0.4) is 0 Å². The molecule has 0 spiro atoms. The highest BCUT2D eigenvalue weighted by molar-refractivity contribution is 5.98. The molecule has 1 amide bonds. The van der Waals surface area contributed by atoms with E-state index in [4.69, 9.17) is 4.74 Å². The van der Waals surface area contributed by atoms with Crippen LogP contribution < -0.4 is 0 Å². The molecule has 0 fully saturated rings. The number of nitrogens with zero attached hydrogens (tertiary/aromatic N) is 2. The molecule has 0 bridgehead atoms. The molecule has 3 aromatic rings. The van der Waals surface area contributed by atoms with Gasteiger partial charge in [-0.1, -0.05) is 48.5 Å². The van der Waals surface area contributed by atoms with E-state index in [9.17, 15) is 4.79 Å². The number of para-hydroxylation sites is 1. The maximum absolute atomic E-state index is 13.0. The summed E-state index contributed by atoms with van der Waals surface area (Å²) >= 11 is 0. The fraction of sp³-hybridized carbons (Fsp3) is 0.286. The number of ether oxygens (including phenoxy) is 1. The van der Waals surface area contributed by atoms with Gasteiger partial charge < -0.3 is 14.2 Å². The number of amides is 1. The molecule has 4 heteroatoms. The van der Waals surface area contributed by atoms with Crippen molar-refractivity contribution in [2.45, 2.75) is 13.0 Å². The maximum atomic E-state index is 13.0. The van der Waals surface area contributed by atoms with Gasteiger partial charge in [-0.05, 0) is 24.1 Å². The minimum atomic E-state index is 0.0447. The number of fused-ring (bicyclic) bond motifs is 1. The predicted octanol–water partition coefficient (Wildman–Crippen LogP) is 3.80. The Hall–Kier alpha value is -2.59. The monoisotopic (exact) mass is 336 g/mol. The number of hydrogen-bond acceptors (Lipinski definition) is 2. The van der Waals surface area contributed by atoms with E-state index < -0.39 is 0 Å². The van der Waals surface area contributed by atoms with Crippen LogP contribution in [-0.2, 0) is 11.3 Å². The number of carbonyl (C=O) groups is 1. The third-order valence-electron chi connectivity index (χ3n) is 4.40. The molecule has 3 rings (SSSR count). The lowest BCUT2D eigenvalue weighted by molar-refractivity contribution is 0.0770. The highest BCUT2D eigenvalue weighted by Crippen LogP contribution is 2.22. The van der Waals surface area contributed by atoms with Gasteiger partial charge in [0.25, 0.3) is 5.91 Å². The zero-order valence-corrected chi connectivity index (χ0v) is 14.8. The van der Waals surface area contributed by atoms with Gasteiger partial charge in [0.05, 0.1) is 0 Å². The van der Waals surface area contributed by atoms with Crippen molar-refractivity contribution in [1.82, 2.24) is 9.47 Å². The smallest absolute Gasteiger partial charge is 0.270 e. The van der Waals surface area contributed by atoms with Gasteiger partial charge >= 0.3 is 0 Å². The Bertz CT molecular complexity index is 839. The number of benzene rings is 2. The maximum Gasteiger partial charge on any atom is 0.270 e. The summed E-state index contributed by atoms with van der Waals surface area (Å²) in [6, 6.07) is 20.4. The third kappa shape index (κ3) is 3.91. The van der Waals surface area contributed by atoms with E-state index in [0.29, 0.717) is 19.7 Å². The largest absolute Gasteiger partial charge is 0.385 e. The summed E-state index contributed by atoms with van der Waals surface area (Å²) in [5.41, 5.74) is 2.99. The van der Waals surface area contributed by atoms with E-state index in [1.165, 1.54) is 5.56 Å². The highest BCUT2D eigenvalue weighted by Gasteiger charge is 2.18. The molecule has 0 aliphatic heterocycles. The number of rotatable bonds is 7. The quantitative estimate of drug-likeness (QED) is 0.615. The minimum Gasteiger partial charge on any atom is -0.385 e. The first-order valence-corrected chi connectivity index (χ1v) is 8.57. The zero-order chi connectivity index (χ0) is 17.6. The second kappa shape index (κ2) is 7.99. The molecule has 130 valence electrons. The molecule has 0 saturated heterocycles. The van der Waals surface area contributed by atoms with Crippen LogP contribution in [0.5, 0.6) is 0 Å². The topological polar surface area (TPSA) is 34.5 Å². The van der Waals surface area contributed by atoms with Crippen LogP contribution in [0.2, 0.25) is 0 Å². The average molecular weight is 336 g/mol. The van der Waals surface area contributed by atoms with Crippen molar-refractivity contribution in [2.24, 2.45) is 0 Å². The van der Waals surface area contributed by atoms with Crippen LogP contribution in [0.15, 0.2) is 60.7 Å². The fourth-order valence-corrected chi connectivity index (χ4v) is 3.07. The fourth-order valence-electron chi connectivity index (χ4n) is 3.07. The summed E-state index contributed by atoms with van der Waals surface area (Å²) in [5.74, 6) is 0.0447. The standard InChI is InChI=1S/C21H24N2O2/c1-22(13-8-14-25-2)21(24)20-15-18-11-6-7-12-19(18)23(20)16-17-9-4-3-5-10-17/h3-7,9-12,15H,8,13-14,16H2,1-2H3. The summed E-state index contributed by atoms with van der Waals surface area (Å²) in [6.07, 6.45) is 0.831. The van der Waals surface area contributed by atoms with Gasteiger partial charge in [0, 0.05) is 44.8 Å². The van der Waals surface area contributed by atoms with E-state index in [0.717, 1.165) is 23.0 Å². The number of aromatic nitrogens is 1. The molecule has 4 nitrogen and oxygen atoms in total. The van der Waals surface area contributed by atoms with E-state index >= 15 is 0 Å². The van der Waals surface area contributed by atoms with Crippen LogP contribution in [0.4, 0.5) is 0 Å². The molecule has 1 aromatic heterocycles. The molecule has 0 N–H and O–H groups in total. The van der Waals surface area contributed by atoms with Crippen molar-refractivity contribution in [2.75, 3.05) is 27.3 Å². The molecule has 1 heterocycles. The van der Waals surface area contributed by atoms with E-state index in [1.54, 1.807) is 12.0 Å². The van der Waals surface area contributed by atoms with Crippen LogP contribution >= 0.6 is 0 Å². The molecule has 2 aromatic carbocycles. The molecular formula is C21H24N2O2. The highest BCUT2D eigenvalue weighted by atomic mass is 16.5. The average Bonchev–Trinajstić information content (AvgIpc) is 3.00. The molecule has 25 heavy (non-hydrogen) atoms. The van der Waals surface area contributed by atoms with Crippen LogP contribution in [-0.4, -0.2) is 42.7 Å². The molecule has 0 saturated carbocycles. The minimum absolute atomic E-state index is 0.0447. The van der Waals surface area contributed by atoms with Crippen molar-refractivity contribution in [3.05, 3.63) is 71.9 Å². The van der Waals surface area contributed by atoms with E-state index in [1.807, 2.05) is 43.4 Å². The summed E-state index contributed by atoms with van der Waals surface area (Å²) in [7, 11) is 3.53. The molecule has 0 aliphatic carbocycles. The Balaban J connectivity index is 1.93. The lowest BCUT2D eigenvalue weighted by Gasteiger charge is -2.18. The number of carbonyl (C=O) groups excluding carboxylic acids is 1. The van der Waals surface area contributed by atoms with Crippen LogP contribution in [0.25, 0.3) is 10.9 Å².